The normalized spacial score (nSPS) is 17.3. The zero-order valence-corrected chi connectivity index (χ0v) is 12.6. The Hall–Kier alpha value is -0.850. The van der Waals surface area contributed by atoms with Crippen molar-refractivity contribution < 1.29 is 14.3 Å². The summed E-state index contributed by atoms with van der Waals surface area (Å²) in [6.45, 7) is 9.45. The monoisotopic (exact) mass is 273 g/mol. The minimum atomic E-state index is -0.0571. The first-order valence-electron chi connectivity index (χ1n) is 6.78. The third-order valence-electron chi connectivity index (χ3n) is 3.52. The molecule has 0 saturated carbocycles. The average molecular weight is 273 g/mol. The number of rotatable bonds is 6. The molecule has 1 N–H and O–H groups in total. The van der Waals surface area contributed by atoms with Gasteiger partial charge in [-0.15, -0.1) is 0 Å². The molecule has 1 rings (SSSR count). The number of hydrogen-bond acceptors (Lipinski definition) is 4. The molecule has 1 aliphatic rings. The Morgan fingerprint density at radius 1 is 1.42 bits per heavy atom. The van der Waals surface area contributed by atoms with Crippen molar-refractivity contribution in [3.63, 3.8) is 0 Å². The lowest BCUT2D eigenvalue weighted by molar-refractivity contribution is -0.00902. The van der Waals surface area contributed by atoms with Crippen LogP contribution >= 0.6 is 0 Å². The maximum atomic E-state index is 11.9. The van der Waals surface area contributed by atoms with E-state index in [0.717, 1.165) is 26.3 Å². The molecule has 1 saturated heterocycles. The van der Waals surface area contributed by atoms with Crippen LogP contribution < -0.4 is 5.32 Å². The first-order chi connectivity index (χ1) is 8.97. The van der Waals surface area contributed by atoms with Gasteiger partial charge in [0.2, 0.25) is 0 Å². The summed E-state index contributed by atoms with van der Waals surface area (Å²) in [5.74, 6) is 0. The van der Waals surface area contributed by atoms with Crippen LogP contribution in [0.2, 0.25) is 0 Å². The van der Waals surface area contributed by atoms with Gasteiger partial charge in [-0.25, -0.2) is 4.79 Å². The third kappa shape index (κ3) is 5.34. The van der Waals surface area contributed by atoms with E-state index in [9.17, 15) is 4.79 Å². The highest BCUT2D eigenvalue weighted by molar-refractivity contribution is 5.73. The highest BCUT2D eigenvalue weighted by Crippen LogP contribution is 2.15. The van der Waals surface area contributed by atoms with Crippen LogP contribution in [0.3, 0.4) is 0 Å². The molecule has 0 aromatic carbocycles. The van der Waals surface area contributed by atoms with Gasteiger partial charge in [0.25, 0.3) is 0 Å². The molecule has 112 valence electrons. The van der Waals surface area contributed by atoms with Crippen LogP contribution in [0.1, 0.15) is 13.8 Å². The van der Waals surface area contributed by atoms with Gasteiger partial charge in [-0.05, 0) is 13.8 Å². The van der Waals surface area contributed by atoms with Gasteiger partial charge in [0, 0.05) is 45.9 Å². The van der Waals surface area contributed by atoms with E-state index >= 15 is 0 Å². The van der Waals surface area contributed by atoms with E-state index in [0.29, 0.717) is 19.7 Å². The van der Waals surface area contributed by atoms with E-state index in [1.54, 1.807) is 19.1 Å². The number of nitrogens with zero attached hydrogens (tertiary/aromatic N) is 2. The second-order valence-electron chi connectivity index (χ2n) is 5.48. The van der Waals surface area contributed by atoms with E-state index in [-0.39, 0.29) is 11.6 Å². The van der Waals surface area contributed by atoms with Crippen molar-refractivity contribution in [1.29, 1.82) is 0 Å². The van der Waals surface area contributed by atoms with E-state index in [1.807, 2.05) is 0 Å². The number of nitrogens with one attached hydrogen (secondary N) is 1. The number of methoxy groups -OCH3 is 1. The lowest BCUT2D eigenvalue weighted by atomic mass is 10.0. The fraction of sp³-hybridized carbons (Fsp3) is 0.923. The molecule has 0 aromatic rings. The molecule has 6 heteroatoms. The molecule has 1 aliphatic heterocycles. The van der Waals surface area contributed by atoms with Crippen molar-refractivity contribution in [2.24, 2.45) is 0 Å². The van der Waals surface area contributed by atoms with Gasteiger partial charge in [0.05, 0.1) is 19.8 Å². The van der Waals surface area contributed by atoms with Gasteiger partial charge < -0.3 is 19.7 Å². The molecule has 0 spiro atoms. The number of urea groups is 1. The second-order valence-corrected chi connectivity index (χ2v) is 5.48. The molecule has 0 radical (unpaired) electrons. The maximum Gasteiger partial charge on any atom is 0.317 e. The van der Waals surface area contributed by atoms with Crippen LogP contribution in [-0.2, 0) is 9.47 Å². The minimum absolute atomic E-state index is 0.0540. The average Bonchev–Trinajstić information content (AvgIpc) is 2.43. The lowest BCUT2D eigenvalue weighted by Crippen LogP contribution is -2.56. The van der Waals surface area contributed by atoms with Crippen LogP contribution in [0.4, 0.5) is 4.79 Å². The number of hydrogen-bond donors (Lipinski definition) is 1. The number of carbonyl (C=O) groups excluding carboxylic acids is 1. The van der Waals surface area contributed by atoms with Crippen molar-refractivity contribution in [2.45, 2.75) is 19.4 Å². The predicted octanol–water partition coefficient (Wildman–Crippen LogP) is 0.385. The quantitative estimate of drug-likeness (QED) is 0.760. The van der Waals surface area contributed by atoms with Gasteiger partial charge in [-0.2, -0.15) is 0 Å². The largest absolute Gasteiger partial charge is 0.383 e. The fourth-order valence-corrected chi connectivity index (χ4v) is 2.04. The van der Waals surface area contributed by atoms with Crippen LogP contribution in [0.15, 0.2) is 0 Å². The number of ether oxygens (including phenoxy) is 2. The summed E-state index contributed by atoms with van der Waals surface area (Å²) < 4.78 is 10.3. The molecule has 19 heavy (non-hydrogen) atoms. The molecular weight excluding hydrogens is 246 g/mol. The zero-order chi connectivity index (χ0) is 14.3. The van der Waals surface area contributed by atoms with Gasteiger partial charge in [-0.1, -0.05) is 0 Å². The molecule has 2 amide bonds. The summed E-state index contributed by atoms with van der Waals surface area (Å²) in [5, 5.41) is 2.98. The number of amides is 2. The molecule has 0 unspecified atom stereocenters. The van der Waals surface area contributed by atoms with Gasteiger partial charge in [-0.3, -0.25) is 4.90 Å². The number of likely N-dealkylation sites (N-methyl/N-ethyl adjacent to an activating group) is 1. The molecule has 1 heterocycles. The summed E-state index contributed by atoms with van der Waals surface area (Å²) in [7, 11) is 3.41. The zero-order valence-electron chi connectivity index (χ0n) is 12.6. The number of carbonyl (C=O) groups is 1. The Morgan fingerprint density at radius 3 is 2.63 bits per heavy atom. The lowest BCUT2D eigenvalue weighted by Gasteiger charge is -2.41. The first-order valence-corrected chi connectivity index (χ1v) is 6.78. The van der Waals surface area contributed by atoms with Crippen molar-refractivity contribution >= 4 is 6.03 Å². The van der Waals surface area contributed by atoms with Gasteiger partial charge in [0.15, 0.2) is 0 Å². The molecule has 0 bridgehead atoms. The summed E-state index contributed by atoms with van der Waals surface area (Å²) in [6, 6.07) is -0.0571. The Labute approximate surface area is 116 Å². The van der Waals surface area contributed by atoms with Gasteiger partial charge in [0.1, 0.15) is 0 Å². The molecule has 1 fully saturated rings. The van der Waals surface area contributed by atoms with Crippen LogP contribution in [0.5, 0.6) is 0 Å². The van der Waals surface area contributed by atoms with E-state index in [1.165, 1.54) is 0 Å². The highest BCUT2D eigenvalue weighted by Gasteiger charge is 2.28. The standard InChI is InChI=1S/C13H27N3O3/c1-13(2,16-6-9-19-10-7-16)11-14-12(17)15(3)5-8-18-4/h5-11H2,1-4H3,(H,14,17). The second kappa shape index (κ2) is 7.67. The van der Waals surface area contributed by atoms with E-state index in [4.69, 9.17) is 9.47 Å². The Kier molecular flexibility index (Phi) is 6.54. The van der Waals surface area contributed by atoms with Gasteiger partial charge >= 0.3 is 6.03 Å². The smallest absolute Gasteiger partial charge is 0.317 e. The third-order valence-corrected chi connectivity index (χ3v) is 3.52. The topological polar surface area (TPSA) is 54.0 Å². The van der Waals surface area contributed by atoms with Crippen LogP contribution in [-0.4, -0.2) is 81.5 Å². The molecule has 6 nitrogen and oxygen atoms in total. The van der Waals surface area contributed by atoms with Crippen LogP contribution in [0, 0.1) is 0 Å². The molecular formula is C13H27N3O3. The van der Waals surface area contributed by atoms with Crippen molar-refractivity contribution in [2.75, 3.05) is 60.2 Å². The number of morpholine rings is 1. The molecule has 0 atom stereocenters. The summed E-state index contributed by atoms with van der Waals surface area (Å²) in [6.07, 6.45) is 0. The van der Waals surface area contributed by atoms with Crippen molar-refractivity contribution in [3.05, 3.63) is 0 Å². The predicted molar refractivity (Wildman–Crippen MR) is 74.4 cm³/mol. The highest BCUT2D eigenvalue weighted by atomic mass is 16.5. The fourth-order valence-electron chi connectivity index (χ4n) is 2.04. The molecule has 0 aromatic heterocycles. The summed E-state index contributed by atoms with van der Waals surface area (Å²) >= 11 is 0. The SMILES string of the molecule is COCCN(C)C(=O)NCC(C)(C)N1CCOCC1. The molecule has 0 aliphatic carbocycles. The van der Waals surface area contributed by atoms with Crippen LogP contribution in [0.25, 0.3) is 0 Å². The van der Waals surface area contributed by atoms with E-state index < -0.39 is 0 Å². The van der Waals surface area contributed by atoms with Crippen molar-refractivity contribution in [3.8, 4) is 0 Å². The maximum absolute atomic E-state index is 11.9. The summed E-state index contributed by atoms with van der Waals surface area (Å²) in [4.78, 5) is 15.9. The Balaban J connectivity index is 2.34. The van der Waals surface area contributed by atoms with E-state index in [2.05, 4.69) is 24.1 Å². The summed E-state index contributed by atoms with van der Waals surface area (Å²) in [5.41, 5.74) is -0.0540. The Bertz CT molecular complexity index is 278. The Morgan fingerprint density at radius 2 is 2.05 bits per heavy atom. The minimum Gasteiger partial charge on any atom is -0.383 e. The van der Waals surface area contributed by atoms with Crippen molar-refractivity contribution in [1.82, 2.24) is 15.1 Å². The first kappa shape index (κ1) is 16.2.